The van der Waals surface area contributed by atoms with Gasteiger partial charge in [0.1, 0.15) is 5.60 Å². The molecule has 1 atom stereocenters. The maximum atomic E-state index is 13.7. The number of nitrogens with one attached hydrogen (secondary N) is 2. The van der Waals surface area contributed by atoms with E-state index in [9.17, 15) is 18.0 Å². The number of sulfone groups is 1. The summed E-state index contributed by atoms with van der Waals surface area (Å²) in [7, 11) is -2.89. The van der Waals surface area contributed by atoms with Crippen LogP contribution in [-0.2, 0) is 19.4 Å². The SMILES string of the molecule is CN1C(=O)C(NC(=O)OC(C)(C)C)(S(=O)(=O)c2ccccc2)CNc2ccccc21. The van der Waals surface area contributed by atoms with Crippen molar-refractivity contribution in [3.05, 3.63) is 54.6 Å². The molecule has 0 aromatic heterocycles. The minimum atomic E-state index is -4.36. The van der Waals surface area contributed by atoms with E-state index in [0.717, 1.165) is 0 Å². The standard InChI is InChI=1S/C21H25N3O5S/c1-20(2,3)29-19(26)23-21(30(27,28)15-10-6-5-7-11-15)14-22-16-12-8-9-13-17(16)24(4)18(21)25/h5-13,22H,14H2,1-4H3,(H,23,26). The lowest BCUT2D eigenvalue weighted by atomic mass is 10.2. The van der Waals surface area contributed by atoms with E-state index in [1.807, 2.05) is 0 Å². The molecule has 3 rings (SSSR count). The lowest BCUT2D eigenvalue weighted by Gasteiger charge is -2.34. The predicted molar refractivity (Wildman–Crippen MR) is 114 cm³/mol. The molecule has 1 heterocycles. The summed E-state index contributed by atoms with van der Waals surface area (Å²) in [6.07, 6.45) is -1.00. The molecule has 0 spiro atoms. The van der Waals surface area contributed by atoms with Crippen molar-refractivity contribution >= 4 is 33.2 Å². The van der Waals surface area contributed by atoms with Crippen LogP contribution in [0, 0.1) is 0 Å². The monoisotopic (exact) mass is 431 g/mol. The van der Waals surface area contributed by atoms with Gasteiger partial charge in [-0.2, -0.15) is 0 Å². The maximum Gasteiger partial charge on any atom is 0.409 e. The largest absolute Gasteiger partial charge is 0.444 e. The highest BCUT2D eigenvalue weighted by molar-refractivity contribution is 7.93. The van der Waals surface area contributed by atoms with Crippen molar-refractivity contribution in [3.63, 3.8) is 0 Å². The average Bonchev–Trinajstić information content (AvgIpc) is 2.79. The second-order valence-corrected chi connectivity index (χ2v) is 10.2. The van der Waals surface area contributed by atoms with E-state index in [0.29, 0.717) is 11.4 Å². The summed E-state index contributed by atoms with van der Waals surface area (Å²) < 4.78 is 32.7. The summed E-state index contributed by atoms with van der Waals surface area (Å²) in [4.78, 5) is 25.1. The molecule has 0 saturated carbocycles. The molecule has 2 amide bonds. The zero-order valence-electron chi connectivity index (χ0n) is 17.3. The topological polar surface area (TPSA) is 105 Å². The number of rotatable bonds is 3. The Morgan fingerprint density at radius 1 is 1.10 bits per heavy atom. The fourth-order valence-electron chi connectivity index (χ4n) is 3.24. The first kappa shape index (κ1) is 21.6. The van der Waals surface area contributed by atoms with Gasteiger partial charge in [-0.25, -0.2) is 13.2 Å². The highest BCUT2D eigenvalue weighted by atomic mass is 32.2. The van der Waals surface area contributed by atoms with Crippen molar-refractivity contribution in [2.24, 2.45) is 0 Å². The minimum absolute atomic E-state index is 0.0874. The number of alkyl carbamates (subject to hydrolysis) is 1. The van der Waals surface area contributed by atoms with Crippen LogP contribution in [0.2, 0.25) is 0 Å². The first-order valence-electron chi connectivity index (χ1n) is 9.40. The van der Waals surface area contributed by atoms with Crippen LogP contribution in [0.25, 0.3) is 0 Å². The number of ether oxygens (including phenoxy) is 1. The van der Waals surface area contributed by atoms with Crippen molar-refractivity contribution in [2.75, 3.05) is 23.8 Å². The molecule has 2 aromatic rings. The molecule has 0 saturated heterocycles. The fraction of sp³-hybridized carbons (Fsp3) is 0.333. The summed E-state index contributed by atoms with van der Waals surface area (Å²) >= 11 is 0. The highest BCUT2D eigenvalue weighted by Crippen LogP contribution is 2.35. The van der Waals surface area contributed by atoms with Gasteiger partial charge in [-0.15, -0.1) is 0 Å². The number of hydrogen-bond donors (Lipinski definition) is 2. The van der Waals surface area contributed by atoms with E-state index in [1.165, 1.54) is 24.1 Å². The Morgan fingerprint density at radius 2 is 1.70 bits per heavy atom. The van der Waals surface area contributed by atoms with Crippen molar-refractivity contribution in [3.8, 4) is 0 Å². The van der Waals surface area contributed by atoms with Gasteiger partial charge in [-0.05, 0) is 45.0 Å². The first-order valence-corrected chi connectivity index (χ1v) is 10.9. The Balaban J connectivity index is 2.16. The summed E-state index contributed by atoms with van der Waals surface area (Å²) in [5.74, 6) is -0.797. The third kappa shape index (κ3) is 3.85. The molecule has 2 aromatic carbocycles. The maximum absolute atomic E-state index is 13.7. The number of hydrogen-bond acceptors (Lipinski definition) is 6. The van der Waals surface area contributed by atoms with Gasteiger partial charge in [0.25, 0.3) is 5.91 Å². The molecular weight excluding hydrogens is 406 g/mol. The zero-order chi connectivity index (χ0) is 22.2. The quantitative estimate of drug-likeness (QED) is 0.774. The van der Waals surface area contributed by atoms with E-state index in [4.69, 9.17) is 4.74 Å². The third-order valence-electron chi connectivity index (χ3n) is 4.66. The molecule has 9 heteroatoms. The van der Waals surface area contributed by atoms with E-state index in [1.54, 1.807) is 63.2 Å². The molecule has 0 bridgehead atoms. The van der Waals surface area contributed by atoms with Gasteiger partial charge in [-0.3, -0.25) is 10.1 Å². The Morgan fingerprint density at radius 3 is 2.33 bits per heavy atom. The smallest absolute Gasteiger partial charge is 0.409 e. The number of amides is 2. The average molecular weight is 432 g/mol. The third-order valence-corrected chi connectivity index (χ3v) is 6.89. The summed E-state index contributed by atoms with van der Waals surface area (Å²) in [6, 6.07) is 14.5. The van der Waals surface area contributed by atoms with Crippen LogP contribution in [-0.4, -0.2) is 44.5 Å². The second-order valence-electron chi connectivity index (χ2n) is 8.01. The van der Waals surface area contributed by atoms with Crippen LogP contribution in [0.5, 0.6) is 0 Å². The minimum Gasteiger partial charge on any atom is -0.444 e. The Labute approximate surface area is 176 Å². The number of nitrogens with zero attached hydrogens (tertiary/aromatic N) is 1. The van der Waals surface area contributed by atoms with Gasteiger partial charge in [0.2, 0.25) is 14.7 Å². The second kappa shape index (κ2) is 7.64. The van der Waals surface area contributed by atoms with E-state index >= 15 is 0 Å². The van der Waals surface area contributed by atoms with Crippen molar-refractivity contribution < 1.29 is 22.7 Å². The van der Waals surface area contributed by atoms with Crippen LogP contribution in [0.15, 0.2) is 59.5 Å². The van der Waals surface area contributed by atoms with Gasteiger partial charge in [0.15, 0.2) is 0 Å². The van der Waals surface area contributed by atoms with E-state index < -0.39 is 32.3 Å². The summed E-state index contributed by atoms with van der Waals surface area (Å²) in [6.45, 7) is 4.59. The Hall–Kier alpha value is -3.07. The number of carbonyl (C=O) groups is 2. The lowest BCUT2D eigenvalue weighted by molar-refractivity contribution is -0.121. The highest BCUT2D eigenvalue weighted by Gasteiger charge is 2.56. The molecule has 30 heavy (non-hydrogen) atoms. The first-order chi connectivity index (χ1) is 14.0. The Kier molecular flexibility index (Phi) is 5.51. The molecule has 2 N–H and O–H groups in total. The van der Waals surface area contributed by atoms with Gasteiger partial charge < -0.3 is 15.0 Å². The van der Waals surface area contributed by atoms with Gasteiger partial charge >= 0.3 is 6.09 Å². The molecule has 160 valence electrons. The molecule has 0 aliphatic carbocycles. The van der Waals surface area contributed by atoms with Crippen molar-refractivity contribution in [1.29, 1.82) is 0 Å². The molecule has 0 fully saturated rings. The summed E-state index contributed by atoms with van der Waals surface area (Å²) in [5, 5.41) is 5.39. The number of likely N-dealkylation sites (N-methyl/N-ethyl adjacent to an activating group) is 1. The van der Waals surface area contributed by atoms with E-state index in [2.05, 4.69) is 10.6 Å². The zero-order valence-corrected chi connectivity index (χ0v) is 18.1. The molecule has 0 radical (unpaired) electrons. The normalized spacial score (nSPS) is 19.3. The van der Waals surface area contributed by atoms with E-state index in [-0.39, 0.29) is 11.4 Å². The number of carbonyl (C=O) groups excluding carboxylic acids is 2. The van der Waals surface area contributed by atoms with Gasteiger partial charge in [-0.1, -0.05) is 30.3 Å². The van der Waals surface area contributed by atoms with Crippen molar-refractivity contribution in [1.82, 2.24) is 5.32 Å². The fourth-order valence-corrected chi connectivity index (χ4v) is 5.00. The number of benzene rings is 2. The van der Waals surface area contributed by atoms with Gasteiger partial charge in [0, 0.05) is 7.05 Å². The van der Waals surface area contributed by atoms with Crippen LogP contribution in [0.1, 0.15) is 20.8 Å². The molecule has 1 unspecified atom stereocenters. The number of anilines is 2. The number of fused-ring (bicyclic) bond motifs is 1. The van der Waals surface area contributed by atoms with Crippen LogP contribution in [0.4, 0.5) is 16.2 Å². The molecular formula is C21H25N3O5S. The molecule has 8 nitrogen and oxygen atoms in total. The van der Waals surface area contributed by atoms with Crippen LogP contribution >= 0.6 is 0 Å². The van der Waals surface area contributed by atoms with Crippen LogP contribution < -0.4 is 15.5 Å². The lowest BCUT2D eigenvalue weighted by Crippen LogP contribution is -2.66. The molecule has 1 aliphatic rings. The summed E-state index contributed by atoms with van der Waals surface area (Å²) in [5.41, 5.74) is 0.195. The predicted octanol–water partition coefficient (Wildman–Crippen LogP) is 2.77. The van der Waals surface area contributed by atoms with Gasteiger partial charge in [0.05, 0.1) is 22.8 Å². The number of para-hydroxylation sites is 2. The molecule has 1 aliphatic heterocycles. The van der Waals surface area contributed by atoms with Crippen molar-refractivity contribution in [2.45, 2.75) is 36.1 Å². The Bertz CT molecular complexity index is 1060. The van der Waals surface area contributed by atoms with Crippen LogP contribution in [0.3, 0.4) is 0 Å².